The molecule has 0 bridgehead atoms. The molecule has 26 heavy (non-hydrogen) atoms. The predicted molar refractivity (Wildman–Crippen MR) is 103 cm³/mol. The van der Waals surface area contributed by atoms with Crippen molar-refractivity contribution in [2.24, 2.45) is 0 Å². The van der Waals surface area contributed by atoms with Crippen molar-refractivity contribution in [3.05, 3.63) is 52.4 Å². The molecule has 1 aliphatic heterocycles. The first-order valence-corrected chi connectivity index (χ1v) is 8.59. The Morgan fingerprint density at radius 3 is 2.69 bits per heavy atom. The van der Waals surface area contributed by atoms with Gasteiger partial charge in [-0.2, -0.15) is 0 Å². The highest BCUT2D eigenvalue weighted by Crippen LogP contribution is 2.23. The molecule has 0 saturated carbocycles. The van der Waals surface area contributed by atoms with Gasteiger partial charge in [-0.15, -0.1) is 12.4 Å². The first-order chi connectivity index (χ1) is 12.0. The standard InChI is InChI=1S/C18H20ClN3O3.ClH/c1-11-14(6-8-25-11)17(23)22-16-9-12(19)4-5-15(16)18(24)21-13-3-2-7-20-10-13;/h4-6,8-9,13,20H,2-3,7,10H2,1H3,(H,21,24)(H,22,23);1H. The van der Waals surface area contributed by atoms with E-state index >= 15 is 0 Å². The average molecular weight is 398 g/mol. The van der Waals surface area contributed by atoms with Crippen LogP contribution in [0.3, 0.4) is 0 Å². The minimum absolute atomic E-state index is 0. The third-order valence-corrected chi connectivity index (χ3v) is 4.45. The van der Waals surface area contributed by atoms with E-state index in [1.807, 2.05) is 0 Å². The summed E-state index contributed by atoms with van der Waals surface area (Å²) in [5.74, 6) is -0.0645. The number of carbonyl (C=O) groups is 2. The van der Waals surface area contributed by atoms with Crippen LogP contribution < -0.4 is 16.0 Å². The Bertz CT molecular complexity index is 786. The van der Waals surface area contributed by atoms with Crippen LogP contribution in [0.1, 0.15) is 39.3 Å². The van der Waals surface area contributed by atoms with Crippen LogP contribution in [0.15, 0.2) is 34.9 Å². The van der Waals surface area contributed by atoms with Crippen LogP contribution >= 0.6 is 24.0 Å². The molecular weight excluding hydrogens is 377 g/mol. The number of piperidine rings is 1. The lowest BCUT2D eigenvalue weighted by Gasteiger charge is -2.24. The number of carbonyl (C=O) groups excluding carboxylic acids is 2. The van der Waals surface area contributed by atoms with Gasteiger partial charge in [0.05, 0.1) is 23.1 Å². The first kappa shape index (κ1) is 20.3. The molecule has 1 aromatic heterocycles. The van der Waals surface area contributed by atoms with Crippen molar-refractivity contribution in [3.8, 4) is 0 Å². The second kappa shape index (κ2) is 9.07. The highest BCUT2D eigenvalue weighted by molar-refractivity contribution is 6.31. The van der Waals surface area contributed by atoms with E-state index in [2.05, 4.69) is 16.0 Å². The molecule has 1 saturated heterocycles. The molecule has 6 nitrogen and oxygen atoms in total. The summed E-state index contributed by atoms with van der Waals surface area (Å²) in [7, 11) is 0. The van der Waals surface area contributed by atoms with Crippen molar-refractivity contribution in [2.75, 3.05) is 18.4 Å². The fourth-order valence-electron chi connectivity index (χ4n) is 2.87. The maximum Gasteiger partial charge on any atom is 0.259 e. The van der Waals surface area contributed by atoms with E-state index in [1.165, 1.54) is 6.26 Å². The number of benzene rings is 1. The molecule has 3 N–H and O–H groups in total. The molecule has 2 heterocycles. The van der Waals surface area contributed by atoms with Crippen LogP contribution in [0.5, 0.6) is 0 Å². The van der Waals surface area contributed by atoms with Crippen molar-refractivity contribution in [1.82, 2.24) is 10.6 Å². The minimum atomic E-state index is -0.345. The number of anilines is 1. The molecule has 2 amide bonds. The normalized spacial score (nSPS) is 16.5. The van der Waals surface area contributed by atoms with E-state index in [1.54, 1.807) is 31.2 Å². The zero-order valence-corrected chi connectivity index (χ0v) is 15.9. The summed E-state index contributed by atoms with van der Waals surface area (Å²) in [6.45, 7) is 3.42. The maximum absolute atomic E-state index is 12.6. The number of halogens is 2. The minimum Gasteiger partial charge on any atom is -0.469 e. The average Bonchev–Trinajstić information content (AvgIpc) is 3.02. The topological polar surface area (TPSA) is 83.4 Å². The largest absolute Gasteiger partial charge is 0.469 e. The van der Waals surface area contributed by atoms with Crippen LogP contribution in [-0.4, -0.2) is 30.9 Å². The summed E-state index contributed by atoms with van der Waals surface area (Å²) in [6.07, 6.45) is 3.41. The number of aryl methyl sites for hydroxylation is 1. The number of hydrogen-bond acceptors (Lipinski definition) is 4. The van der Waals surface area contributed by atoms with Gasteiger partial charge in [0.25, 0.3) is 11.8 Å². The molecule has 140 valence electrons. The Kier molecular flexibility index (Phi) is 7.08. The first-order valence-electron chi connectivity index (χ1n) is 8.21. The monoisotopic (exact) mass is 397 g/mol. The van der Waals surface area contributed by atoms with Crippen LogP contribution in [0.25, 0.3) is 0 Å². The summed E-state index contributed by atoms with van der Waals surface area (Å²) >= 11 is 6.04. The van der Waals surface area contributed by atoms with Crippen LogP contribution in [0, 0.1) is 6.92 Å². The second-order valence-electron chi connectivity index (χ2n) is 6.05. The maximum atomic E-state index is 12.6. The molecule has 1 unspecified atom stereocenters. The highest BCUT2D eigenvalue weighted by atomic mass is 35.5. The lowest BCUT2D eigenvalue weighted by molar-refractivity contribution is 0.0931. The summed E-state index contributed by atoms with van der Waals surface area (Å²) in [4.78, 5) is 25.0. The molecule has 0 spiro atoms. The van der Waals surface area contributed by atoms with Gasteiger partial charge < -0.3 is 20.4 Å². The molecule has 1 fully saturated rings. The van der Waals surface area contributed by atoms with Crippen molar-refractivity contribution < 1.29 is 14.0 Å². The number of nitrogens with one attached hydrogen (secondary N) is 3. The van der Waals surface area contributed by atoms with E-state index in [4.69, 9.17) is 16.0 Å². The molecular formula is C18H21Cl2N3O3. The Labute approximate surface area is 163 Å². The molecule has 8 heteroatoms. The van der Waals surface area contributed by atoms with Gasteiger partial charge in [-0.1, -0.05) is 11.6 Å². The predicted octanol–water partition coefficient (Wildman–Crippen LogP) is 3.40. The van der Waals surface area contributed by atoms with E-state index < -0.39 is 0 Å². The molecule has 0 radical (unpaired) electrons. The summed E-state index contributed by atoms with van der Waals surface area (Å²) in [6, 6.07) is 6.49. The van der Waals surface area contributed by atoms with Gasteiger partial charge >= 0.3 is 0 Å². The number of hydrogen-bond donors (Lipinski definition) is 3. The van der Waals surface area contributed by atoms with Gasteiger partial charge in [0, 0.05) is 17.6 Å². The molecule has 1 atom stereocenters. The third-order valence-electron chi connectivity index (χ3n) is 4.21. The number of amides is 2. The lowest BCUT2D eigenvalue weighted by Crippen LogP contribution is -2.45. The fourth-order valence-corrected chi connectivity index (χ4v) is 3.04. The molecule has 2 aromatic rings. The Morgan fingerprint density at radius 2 is 2.04 bits per heavy atom. The zero-order valence-electron chi connectivity index (χ0n) is 14.3. The second-order valence-corrected chi connectivity index (χ2v) is 6.49. The van der Waals surface area contributed by atoms with Crippen LogP contribution in [0.2, 0.25) is 5.02 Å². The highest BCUT2D eigenvalue weighted by Gasteiger charge is 2.20. The molecule has 0 aliphatic carbocycles. The van der Waals surface area contributed by atoms with Gasteiger partial charge in [0.1, 0.15) is 5.76 Å². The summed E-state index contributed by atoms with van der Waals surface area (Å²) in [5.41, 5.74) is 1.17. The van der Waals surface area contributed by atoms with Crippen LogP contribution in [0.4, 0.5) is 5.69 Å². The number of rotatable bonds is 4. The third kappa shape index (κ3) is 4.78. The van der Waals surface area contributed by atoms with Gasteiger partial charge in [0.2, 0.25) is 0 Å². The van der Waals surface area contributed by atoms with E-state index in [-0.39, 0.29) is 30.3 Å². The fraction of sp³-hybridized carbons (Fsp3) is 0.333. The smallest absolute Gasteiger partial charge is 0.259 e. The van der Waals surface area contributed by atoms with Crippen molar-refractivity contribution in [3.63, 3.8) is 0 Å². The Morgan fingerprint density at radius 1 is 1.23 bits per heavy atom. The van der Waals surface area contributed by atoms with Gasteiger partial charge in [-0.25, -0.2) is 0 Å². The number of furan rings is 1. The Hall–Kier alpha value is -2.02. The SMILES string of the molecule is Cc1occc1C(=O)Nc1cc(Cl)ccc1C(=O)NC1CCCNC1.Cl. The van der Waals surface area contributed by atoms with E-state index in [0.717, 1.165) is 25.9 Å². The van der Waals surface area contributed by atoms with E-state index in [9.17, 15) is 9.59 Å². The zero-order chi connectivity index (χ0) is 17.8. The molecule has 3 rings (SSSR count). The summed E-state index contributed by atoms with van der Waals surface area (Å²) in [5, 5.41) is 9.45. The van der Waals surface area contributed by atoms with Crippen molar-refractivity contribution in [2.45, 2.75) is 25.8 Å². The van der Waals surface area contributed by atoms with Crippen LogP contribution in [-0.2, 0) is 0 Å². The van der Waals surface area contributed by atoms with Gasteiger partial charge in [-0.05, 0) is 50.6 Å². The molecule has 1 aromatic carbocycles. The van der Waals surface area contributed by atoms with Gasteiger partial charge in [0.15, 0.2) is 0 Å². The van der Waals surface area contributed by atoms with Crippen molar-refractivity contribution >= 4 is 41.5 Å². The Balaban J connectivity index is 0.00000243. The van der Waals surface area contributed by atoms with Crippen molar-refractivity contribution in [1.29, 1.82) is 0 Å². The molecule has 1 aliphatic rings. The lowest BCUT2D eigenvalue weighted by atomic mass is 10.1. The summed E-state index contributed by atoms with van der Waals surface area (Å²) < 4.78 is 5.15. The van der Waals surface area contributed by atoms with E-state index in [0.29, 0.717) is 27.6 Å². The van der Waals surface area contributed by atoms with Gasteiger partial charge in [-0.3, -0.25) is 9.59 Å². The quantitative estimate of drug-likeness (QED) is 0.737.